The van der Waals surface area contributed by atoms with Crippen molar-refractivity contribution in [3.8, 4) is 0 Å². The molecule has 128 valence electrons. The molecule has 2 rings (SSSR count). The molecule has 23 heavy (non-hydrogen) atoms. The number of rotatable bonds is 3. The van der Waals surface area contributed by atoms with Crippen LogP contribution < -0.4 is 11.1 Å². The van der Waals surface area contributed by atoms with Crippen LogP contribution in [0.1, 0.15) is 33.6 Å². The second kappa shape index (κ2) is 6.57. The summed E-state index contributed by atoms with van der Waals surface area (Å²) in [5.74, 6) is -2.36. The van der Waals surface area contributed by atoms with Crippen molar-refractivity contribution >= 4 is 17.8 Å². The number of likely N-dealkylation sites (tertiary alicyclic amines) is 1. The summed E-state index contributed by atoms with van der Waals surface area (Å²) >= 11 is 0. The summed E-state index contributed by atoms with van der Waals surface area (Å²) in [7, 11) is 0. The Morgan fingerprint density at radius 1 is 1.30 bits per heavy atom. The monoisotopic (exact) mass is 325 g/mol. The van der Waals surface area contributed by atoms with E-state index in [1.807, 2.05) is 13.8 Å². The van der Waals surface area contributed by atoms with Gasteiger partial charge in [0.05, 0.1) is 12.1 Å². The highest BCUT2D eigenvalue weighted by molar-refractivity contribution is 5.89. The van der Waals surface area contributed by atoms with E-state index in [-0.39, 0.29) is 29.7 Å². The van der Waals surface area contributed by atoms with Crippen LogP contribution in [0.25, 0.3) is 0 Å². The van der Waals surface area contributed by atoms with E-state index in [0.717, 1.165) is 12.8 Å². The van der Waals surface area contributed by atoms with Crippen LogP contribution in [-0.4, -0.2) is 58.1 Å². The van der Waals surface area contributed by atoms with Crippen LogP contribution in [-0.2, 0) is 19.1 Å². The summed E-state index contributed by atoms with van der Waals surface area (Å²) in [5.41, 5.74) is 5.95. The van der Waals surface area contributed by atoms with Gasteiger partial charge in [-0.25, -0.2) is 4.79 Å². The molecule has 2 aliphatic rings. The number of nitrogens with zero attached hydrogens (tertiary/aromatic N) is 1. The largest absolute Gasteiger partial charge is 0.475 e. The SMILES string of the molecule is CC(=O)N[C@@H]1[C@@H](N)C=C(C(=O)O)O[C@H]1C(=O)N1[C@H](C)CC[C@@H]1C. The molecule has 8 heteroatoms. The predicted molar refractivity (Wildman–Crippen MR) is 81.2 cm³/mol. The van der Waals surface area contributed by atoms with Crippen molar-refractivity contribution in [2.75, 3.05) is 0 Å². The van der Waals surface area contributed by atoms with Crippen LogP contribution in [0.15, 0.2) is 11.8 Å². The Bertz CT molecular complexity index is 537. The lowest BCUT2D eigenvalue weighted by Crippen LogP contribution is -2.62. The lowest BCUT2D eigenvalue weighted by Gasteiger charge is -2.38. The first-order valence-corrected chi connectivity index (χ1v) is 7.69. The van der Waals surface area contributed by atoms with Gasteiger partial charge in [-0.2, -0.15) is 0 Å². The Balaban J connectivity index is 2.31. The second-order valence-corrected chi connectivity index (χ2v) is 6.20. The first kappa shape index (κ1) is 17.3. The van der Waals surface area contributed by atoms with Crippen molar-refractivity contribution in [2.24, 2.45) is 5.73 Å². The summed E-state index contributed by atoms with van der Waals surface area (Å²) < 4.78 is 5.38. The quantitative estimate of drug-likeness (QED) is 0.648. The second-order valence-electron chi connectivity index (χ2n) is 6.20. The normalized spacial score (nSPS) is 33.7. The third-order valence-electron chi connectivity index (χ3n) is 4.37. The van der Waals surface area contributed by atoms with E-state index in [0.29, 0.717) is 0 Å². The maximum absolute atomic E-state index is 12.9. The molecular weight excluding hydrogens is 302 g/mol. The Morgan fingerprint density at radius 3 is 2.35 bits per heavy atom. The molecule has 8 nitrogen and oxygen atoms in total. The third-order valence-corrected chi connectivity index (χ3v) is 4.37. The van der Waals surface area contributed by atoms with Crippen molar-refractivity contribution in [2.45, 2.75) is 63.9 Å². The van der Waals surface area contributed by atoms with E-state index < -0.39 is 24.2 Å². The minimum atomic E-state index is -1.29. The van der Waals surface area contributed by atoms with Gasteiger partial charge >= 0.3 is 5.97 Å². The van der Waals surface area contributed by atoms with Gasteiger partial charge in [0, 0.05) is 19.0 Å². The molecule has 0 aliphatic carbocycles. The molecule has 0 spiro atoms. The summed E-state index contributed by atoms with van der Waals surface area (Å²) in [6.45, 7) is 5.18. The lowest BCUT2D eigenvalue weighted by molar-refractivity contribution is -0.151. The van der Waals surface area contributed by atoms with Crippen LogP contribution in [0, 0.1) is 0 Å². The van der Waals surface area contributed by atoms with E-state index in [1.54, 1.807) is 4.90 Å². The van der Waals surface area contributed by atoms with Crippen LogP contribution in [0.5, 0.6) is 0 Å². The van der Waals surface area contributed by atoms with Gasteiger partial charge in [-0.3, -0.25) is 9.59 Å². The lowest BCUT2D eigenvalue weighted by atomic mass is 9.97. The molecule has 0 aromatic heterocycles. The molecule has 0 radical (unpaired) electrons. The smallest absolute Gasteiger partial charge is 0.370 e. The van der Waals surface area contributed by atoms with Crippen molar-refractivity contribution in [1.82, 2.24) is 10.2 Å². The van der Waals surface area contributed by atoms with Crippen molar-refractivity contribution in [1.29, 1.82) is 0 Å². The highest BCUT2D eigenvalue weighted by atomic mass is 16.5. The van der Waals surface area contributed by atoms with Crippen molar-refractivity contribution in [3.63, 3.8) is 0 Å². The Labute approximate surface area is 134 Å². The molecule has 4 N–H and O–H groups in total. The van der Waals surface area contributed by atoms with Crippen molar-refractivity contribution in [3.05, 3.63) is 11.8 Å². The van der Waals surface area contributed by atoms with E-state index in [4.69, 9.17) is 15.6 Å². The molecule has 0 saturated carbocycles. The maximum atomic E-state index is 12.9. The van der Waals surface area contributed by atoms with Crippen molar-refractivity contribution < 1.29 is 24.2 Å². The fourth-order valence-electron chi connectivity index (χ4n) is 3.24. The third kappa shape index (κ3) is 3.47. The molecule has 0 bridgehead atoms. The van der Waals surface area contributed by atoms with Gasteiger partial charge in [0.15, 0.2) is 6.10 Å². The molecule has 1 fully saturated rings. The molecule has 2 amide bonds. The predicted octanol–water partition coefficient (Wildman–Crippen LogP) is -0.415. The molecule has 0 aromatic rings. The van der Waals surface area contributed by atoms with Gasteiger partial charge in [-0.15, -0.1) is 0 Å². The molecule has 2 aliphatic heterocycles. The molecule has 2 heterocycles. The minimum absolute atomic E-state index is 0.0366. The number of nitrogens with two attached hydrogens (primary N) is 1. The van der Waals surface area contributed by atoms with Gasteiger partial charge < -0.3 is 25.8 Å². The Kier molecular flexibility index (Phi) is 4.93. The Morgan fingerprint density at radius 2 is 1.87 bits per heavy atom. The number of hydrogen-bond donors (Lipinski definition) is 3. The first-order valence-electron chi connectivity index (χ1n) is 7.69. The molecule has 0 aromatic carbocycles. The average Bonchev–Trinajstić information content (AvgIpc) is 2.78. The van der Waals surface area contributed by atoms with Gasteiger partial charge in [0.1, 0.15) is 0 Å². The number of nitrogens with one attached hydrogen (secondary N) is 1. The summed E-state index contributed by atoms with van der Waals surface area (Å²) in [6.07, 6.45) is 1.81. The molecule has 0 unspecified atom stereocenters. The molecular formula is C15H23N3O5. The highest BCUT2D eigenvalue weighted by Gasteiger charge is 2.45. The zero-order valence-electron chi connectivity index (χ0n) is 13.5. The van der Waals surface area contributed by atoms with E-state index >= 15 is 0 Å². The van der Waals surface area contributed by atoms with E-state index in [2.05, 4.69) is 5.32 Å². The first-order chi connectivity index (χ1) is 10.7. The fraction of sp³-hybridized carbons (Fsp3) is 0.667. The van der Waals surface area contributed by atoms with Gasteiger partial charge in [-0.1, -0.05) is 0 Å². The van der Waals surface area contributed by atoms with Gasteiger partial charge in [-0.05, 0) is 32.8 Å². The highest BCUT2D eigenvalue weighted by Crippen LogP contribution is 2.28. The number of carbonyl (C=O) groups excluding carboxylic acids is 2. The average molecular weight is 325 g/mol. The number of aliphatic carboxylic acids is 1. The molecule has 5 atom stereocenters. The maximum Gasteiger partial charge on any atom is 0.370 e. The van der Waals surface area contributed by atoms with Gasteiger partial charge in [0.25, 0.3) is 5.91 Å². The molecule has 1 saturated heterocycles. The topological polar surface area (TPSA) is 122 Å². The van der Waals surface area contributed by atoms with Crippen LogP contribution in [0.3, 0.4) is 0 Å². The van der Waals surface area contributed by atoms with Crippen LogP contribution in [0.2, 0.25) is 0 Å². The zero-order chi connectivity index (χ0) is 17.3. The fourth-order valence-corrected chi connectivity index (χ4v) is 3.24. The Hall–Kier alpha value is -2.09. The number of hydrogen-bond acceptors (Lipinski definition) is 5. The number of amides is 2. The summed E-state index contributed by atoms with van der Waals surface area (Å²) in [6, 6.07) is -1.55. The van der Waals surface area contributed by atoms with Gasteiger partial charge in [0.2, 0.25) is 11.7 Å². The minimum Gasteiger partial charge on any atom is -0.475 e. The summed E-state index contributed by atoms with van der Waals surface area (Å²) in [5, 5.41) is 11.7. The summed E-state index contributed by atoms with van der Waals surface area (Å²) in [4.78, 5) is 37.2. The number of carboxylic acid groups (broad SMARTS) is 1. The number of carboxylic acids is 1. The van der Waals surface area contributed by atoms with E-state index in [9.17, 15) is 14.4 Å². The number of carbonyl (C=O) groups is 3. The standard InChI is InChI=1S/C15H23N3O5/c1-7-4-5-8(2)18(7)14(20)13-12(17-9(3)19)10(16)6-11(23-13)15(21)22/h6-8,10,12-13H,4-5,16H2,1-3H3,(H,17,19)(H,21,22)/t7-,8+,10-,12+,13+/m0/s1. The van der Waals surface area contributed by atoms with E-state index in [1.165, 1.54) is 13.0 Å². The van der Waals surface area contributed by atoms with Crippen LogP contribution in [0.4, 0.5) is 0 Å². The zero-order valence-corrected chi connectivity index (χ0v) is 13.5. The van der Waals surface area contributed by atoms with Crippen LogP contribution >= 0.6 is 0 Å². The number of ether oxygens (including phenoxy) is 1.